The van der Waals surface area contributed by atoms with Crippen LogP contribution in [0.15, 0.2) is 461 Å². The summed E-state index contributed by atoms with van der Waals surface area (Å²) in [6.45, 7) is 15.5. The van der Waals surface area contributed by atoms with Crippen LogP contribution >= 0.6 is 0 Å². The van der Waals surface area contributed by atoms with E-state index in [1.54, 1.807) is 107 Å². The number of rotatable bonds is 20. The van der Waals surface area contributed by atoms with Gasteiger partial charge in [0.1, 0.15) is 23.3 Å². The lowest BCUT2D eigenvalue weighted by Gasteiger charge is -2.31. The Hall–Kier alpha value is -20.0. The summed E-state index contributed by atoms with van der Waals surface area (Å²) < 4.78 is 219. The molecule has 0 radical (unpaired) electrons. The van der Waals surface area contributed by atoms with E-state index in [1.807, 2.05) is 200 Å². The summed E-state index contributed by atoms with van der Waals surface area (Å²) in [5.74, 6) is -7.65. The predicted molar refractivity (Wildman–Crippen MR) is 584 cm³/mol. The van der Waals surface area contributed by atoms with E-state index in [0.717, 1.165) is 95.7 Å². The number of halogens is 8. The van der Waals surface area contributed by atoms with Gasteiger partial charge < -0.3 is 19.6 Å². The second-order valence-electron chi connectivity index (χ2n) is 35.3. The first-order valence-electron chi connectivity index (χ1n) is 51.8. The van der Waals surface area contributed by atoms with Gasteiger partial charge in [0, 0.05) is 90.8 Å². The van der Waals surface area contributed by atoms with Crippen LogP contribution < -0.4 is 19.6 Å². The minimum absolute atomic E-state index is 0.0798. The Labute approximate surface area is 860 Å². The van der Waals surface area contributed by atoms with Crippen LogP contribution in [0.3, 0.4) is 0 Å². The first-order valence-corrected chi connectivity index (χ1v) is 46.8. The zero-order chi connectivity index (χ0) is 110. The fourth-order valence-electron chi connectivity index (χ4n) is 20.1. The van der Waals surface area contributed by atoms with E-state index in [9.17, 15) is 10.5 Å². The van der Waals surface area contributed by atoms with Crippen molar-refractivity contribution in [1.82, 2.24) is 0 Å². The molecule has 16 heteroatoms. The summed E-state index contributed by atoms with van der Waals surface area (Å²) in [6.07, 6.45) is 0. The lowest BCUT2D eigenvalue weighted by atomic mass is 9.90. The van der Waals surface area contributed by atoms with Gasteiger partial charge in [-0.1, -0.05) is 279 Å². The molecule has 0 bridgehead atoms. The van der Waals surface area contributed by atoms with Gasteiger partial charge in [0.15, 0.2) is 34.6 Å². The number of nitriles is 2. The Kier molecular flexibility index (Phi) is 21.1. The van der Waals surface area contributed by atoms with Crippen molar-refractivity contribution in [3.63, 3.8) is 0 Å². The Morgan fingerprint density at radius 2 is 0.446 bits per heavy atom. The van der Waals surface area contributed by atoms with E-state index >= 15 is 35.1 Å². The molecule has 24 aromatic rings. The van der Waals surface area contributed by atoms with Crippen LogP contribution in [0.5, 0.6) is 0 Å². The van der Waals surface area contributed by atoms with Crippen molar-refractivity contribution in [2.75, 3.05) is 19.6 Å². The number of nitrogens with zero attached hydrogens (tertiary/aromatic N) is 8. The number of benzene rings is 24. The standard InChI is InChI=1S/C78H46F4N4.C54H30F4N4/c1-84-64-28-32-66(33-29-64)86(78-70(45-63(80)47-72(78)82)61-42-58(52-18-10-4-11-19-52)39-59(43-61)53-20-12-5-13-21-53)74-37-27-55-24-34-67-73(36-26-54-25-35-68(74)76(55)75(54)67)85(65-30-22-49(48-83)23-31-65)77-69(44-62(79)46-71(77)81)60-40-56(50-14-6-2-7-15-50)38-57(41-60)51-16-8-3-9-17-51;1-60-40-18-22-42(23-19-40)62(54-46(29-39(56)31-48(54)58)35-10-6-3-7-11-35)50-27-17-37-14-24-43-49(26-16-36-15-25-44(50)52(37)51(36)43)61(41-20-12-33(32-59)13-21-41)53-45(28-38(55)30-47(53)57)34-8-4-2-5-9-34/h2-47H;2-31H/i;2D,3D,4D,5D,6D,7D,8D,9D,10D,11D. The van der Waals surface area contributed by atoms with Gasteiger partial charge in [-0.15, -0.1) is 0 Å². The molecular formula is C132H76F8N8. The maximum atomic E-state index is 17.7. The van der Waals surface area contributed by atoms with Crippen LogP contribution in [-0.4, -0.2) is 0 Å². The minimum Gasteiger partial charge on any atom is -0.307 e. The molecule has 0 spiro atoms. The van der Waals surface area contributed by atoms with Gasteiger partial charge in [-0.05, 0) is 268 Å². The van der Waals surface area contributed by atoms with E-state index in [1.165, 1.54) is 70.5 Å². The van der Waals surface area contributed by atoms with Crippen LogP contribution in [-0.2, 0) is 0 Å². The van der Waals surface area contributed by atoms with Crippen molar-refractivity contribution < 1.29 is 48.8 Å². The maximum Gasteiger partial charge on any atom is 0.187 e. The molecule has 0 saturated carbocycles. The van der Waals surface area contributed by atoms with Crippen LogP contribution in [0.1, 0.15) is 24.8 Å². The molecule has 0 amide bonds. The normalized spacial score (nSPS) is 12.2. The predicted octanol–water partition coefficient (Wildman–Crippen LogP) is 38.3. The van der Waals surface area contributed by atoms with Crippen molar-refractivity contribution in [1.29, 1.82) is 10.5 Å². The molecule has 8 nitrogen and oxygen atoms in total. The topological polar surface area (TPSA) is 69.3 Å². The molecule has 0 aliphatic rings. The Balaban J connectivity index is 0.000000174. The molecule has 148 heavy (non-hydrogen) atoms. The third-order valence-corrected chi connectivity index (χ3v) is 26.6. The van der Waals surface area contributed by atoms with Crippen molar-refractivity contribution in [3.8, 4) is 101 Å². The average molecular weight is 1940 g/mol. The van der Waals surface area contributed by atoms with Crippen molar-refractivity contribution >= 4 is 144 Å². The largest absolute Gasteiger partial charge is 0.307 e. The third kappa shape index (κ3) is 17.0. The van der Waals surface area contributed by atoms with Gasteiger partial charge in [0.2, 0.25) is 0 Å². The third-order valence-electron chi connectivity index (χ3n) is 26.6. The summed E-state index contributed by atoms with van der Waals surface area (Å²) in [6, 6.07) is 112. The summed E-state index contributed by atoms with van der Waals surface area (Å²) in [7, 11) is 0. The van der Waals surface area contributed by atoms with Crippen LogP contribution in [0, 0.1) is 82.3 Å². The first-order chi connectivity index (χ1) is 76.6. The lowest BCUT2D eigenvalue weighted by molar-refractivity contribution is 0.584. The molecule has 0 unspecified atom stereocenters. The monoisotopic (exact) mass is 1930 g/mol. The van der Waals surface area contributed by atoms with Gasteiger partial charge in [0.05, 0.1) is 95.6 Å². The van der Waals surface area contributed by atoms with Crippen molar-refractivity contribution in [2.24, 2.45) is 0 Å². The van der Waals surface area contributed by atoms with E-state index in [4.69, 9.17) is 26.9 Å². The van der Waals surface area contributed by atoms with Crippen molar-refractivity contribution in [3.05, 3.63) is 541 Å². The lowest BCUT2D eigenvalue weighted by Crippen LogP contribution is -2.15. The molecular weight excluding hydrogens is 1850 g/mol. The van der Waals surface area contributed by atoms with E-state index < -0.39 is 124 Å². The molecule has 700 valence electrons. The van der Waals surface area contributed by atoms with Gasteiger partial charge >= 0.3 is 0 Å². The quantitative estimate of drug-likeness (QED) is 0.0430. The molecule has 24 aromatic carbocycles. The zero-order valence-corrected chi connectivity index (χ0v) is 77.7. The molecule has 0 N–H and O–H groups in total. The van der Waals surface area contributed by atoms with E-state index in [-0.39, 0.29) is 67.8 Å². The van der Waals surface area contributed by atoms with Gasteiger partial charge in [-0.2, -0.15) is 10.5 Å². The highest BCUT2D eigenvalue weighted by atomic mass is 19.2. The van der Waals surface area contributed by atoms with Crippen LogP contribution in [0.4, 0.5) is 115 Å². The Bertz CT molecular complexity index is 9420. The molecule has 0 aliphatic carbocycles. The molecule has 0 heterocycles. The van der Waals surface area contributed by atoms with Gasteiger partial charge in [-0.25, -0.2) is 44.8 Å². The Morgan fingerprint density at radius 1 is 0.223 bits per heavy atom. The van der Waals surface area contributed by atoms with Crippen molar-refractivity contribution in [2.45, 2.75) is 0 Å². The van der Waals surface area contributed by atoms with E-state index in [2.05, 4.69) is 27.9 Å². The minimum atomic E-state index is -1.16. The maximum absolute atomic E-state index is 17.7. The molecule has 0 atom stereocenters. The highest BCUT2D eigenvalue weighted by Gasteiger charge is 2.34. The van der Waals surface area contributed by atoms with Crippen LogP contribution in [0.25, 0.3) is 163 Å². The highest BCUT2D eigenvalue weighted by Crippen LogP contribution is 2.57. The molecule has 24 rings (SSSR count). The van der Waals surface area contributed by atoms with Gasteiger partial charge in [0.25, 0.3) is 0 Å². The zero-order valence-electron chi connectivity index (χ0n) is 87.7. The molecule has 0 aliphatic heterocycles. The summed E-state index contributed by atoms with van der Waals surface area (Å²) in [5.41, 5.74) is 10.9. The summed E-state index contributed by atoms with van der Waals surface area (Å²) in [5, 5.41) is 27.8. The second-order valence-corrected chi connectivity index (χ2v) is 35.3. The SMILES string of the molecule is [2H]c1c([2H])c([2H])c(-c2cc(F)cc(F)c2N(c2ccc(C#N)cc2)c2ccc3ccc4c(N(c5ccc([N+]#[C-])cc5)c5c(F)cc(F)cc5-c5c([2H])c([2H])c([2H])c([2H])c5[2H])ccc5ccc2c3c54)c([2H])c1[2H].[C-]#[N+]c1ccc(N(c2c(F)cc(F)cc2-c2cc(-c3ccccc3)cc(-c3ccccc3)c2)c2ccc3ccc4c(N(c5ccc(C#N)cc5)c5c(F)cc(F)cc5-c5cc(-c6ccccc6)cc(-c6ccccc6)c5)ccc5ccc2c3c54)cc1. The number of hydrogen-bond donors (Lipinski definition) is 0. The summed E-state index contributed by atoms with van der Waals surface area (Å²) in [4.78, 5) is 13.6. The summed E-state index contributed by atoms with van der Waals surface area (Å²) >= 11 is 0. The first kappa shape index (κ1) is 80.6. The molecule has 0 saturated heterocycles. The van der Waals surface area contributed by atoms with E-state index in [0.29, 0.717) is 101 Å². The smallest absolute Gasteiger partial charge is 0.187 e. The fourth-order valence-corrected chi connectivity index (χ4v) is 20.1. The highest BCUT2D eigenvalue weighted by molar-refractivity contribution is 6.30. The van der Waals surface area contributed by atoms with Gasteiger partial charge in [-0.3, -0.25) is 0 Å². The fraction of sp³-hybridized carbons (Fsp3) is 0. The average Bonchev–Trinajstić information content (AvgIpc) is 0.721. The second kappa shape index (κ2) is 38.8. The number of hydrogen-bond acceptors (Lipinski definition) is 6. The number of anilines is 12. The Morgan fingerprint density at radius 3 is 0.682 bits per heavy atom. The molecule has 0 fully saturated rings. The molecule has 0 aromatic heterocycles. The van der Waals surface area contributed by atoms with Crippen LogP contribution in [0.2, 0.25) is 0 Å².